The van der Waals surface area contributed by atoms with Crippen molar-refractivity contribution in [1.82, 2.24) is 9.78 Å². The molecule has 1 aromatic heterocycles. The largest absolute Gasteiger partial charge is 0.320 e. The van der Waals surface area contributed by atoms with Crippen molar-refractivity contribution >= 4 is 11.6 Å². The Kier molecular flexibility index (Phi) is 3.22. The number of nitrogens with zero attached hydrogens (tertiary/aromatic N) is 2. The van der Waals surface area contributed by atoms with E-state index in [1.807, 2.05) is 50.0 Å². The summed E-state index contributed by atoms with van der Waals surface area (Å²) >= 11 is 6.11. The van der Waals surface area contributed by atoms with Crippen LogP contribution in [0.5, 0.6) is 0 Å². The fraction of sp³-hybridized carbons (Fsp3) is 0.308. The van der Waals surface area contributed by atoms with Gasteiger partial charge < -0.3 is 5.73 Å². The second-order valence-corrected chi connectivity index (χ2v) is 4.70. The number of aryl methyl sites for hydroxylation is 2. The zero-order valence-corrected chi connectivity index (χ0v) is 11.0. The minimum absolute atomic E-state index is 0.179. The Morgan fingerprint density at radius 1 is 1.35 bits per heavy atom. The molecule has 2 rings (SSSR count). The summed E-state index contributed by atoms with van der Waals surface area (Å²) in [5.41, 5.74) is 10.4. The van der Waals surface area contributed by atoms with Crippen LogP contribution in [0, 0.1) is 13.8 Å². The summed E-state index contributed by atoms with van der Waals surface area (Å²) in [6.45, 7) is 3.99. The second-order valence-electron chi connectivity index (χ2n) is 4.30. The van der Waals surface area contributed by atoms with Crippen molar-refractivity contribution < 1.29 is 0 Å². The smallest absolute Gasteiger partial charge is 0.0586 e. The number of nitrogens with two attached hydrogens (primary N) is 1. The molecule has 1 aromatic carbocycles. The summed E-state index contributed by atoms with van der Waals surface area (Å²) in [7, 11) is 1.91. The molecule has 0 aliphatic heterocycles. The zero-order chi connectivity index (χ0) is 12.6. The van der Waals surface area contributed by atoms with Crippen molar-refractivity contribution in [3.63, 3.8) is 0 Å². The Balaban J connectivity index is 2.40. The predicted octanol–water partition coefficient (Wildman–Crippen LogP) is 2.74. The summed E-state index contributed by atoms with van der Waals surface area (Å²) in [6.07, 6.45) is 1.81. The first kappa shape index (κ1) is 12.1. The van der Waals surface area contributed by atoms with Crippen LogP contribution in [0.15, 0.2) is 24.4 Å². The number of hydrogen-bond donors (Lipinski definition) is 1. The first-order valence-electron chi connectivity index (χ1n) is 5.51. The van der Waals surface area contributed by atoms with Gasteiger partial charge >= 0.3 is 0 Å². The van der Waals surface area contributed by atoms with Gasteiger partial charge in [-0.25, -0.2) is 0 Å². The summed E-state index contributed by atoms with van der Waals surface area (Å²) in [5, 5.41) is 4.96. The van der Waals surface area contributed by atoms with Gasteiger partial charge in [0.25, 0.3) is 0 Å². The summed E-state index contributed by atoms with van der Waals surface area (Å²) in [4.78, 5) is 0. The Labute approximate surface area is 106 Å². The predicted molar refractivity (Wildman–Crippen MR) is 70.2 cm³/mol. The molecule has 2 N–H and O–H groups in total. The molecule has 0 saturated heterocycles. The van der Waals surface area contributed by atoms with Gasteiger partial charge in [-0.3, -0.25) is 4.68 Å². The Morgan fingerprint density at radius 2 is 2.06 bits per heavy atom. The molecule has 0 radical (unpaired) electrons. The lowest BCUT2D eigenvalue weighted by Crippen LogP contribution is -2.13. The maximum atomic E-state index is 6.24. The molecule has 0 fully saturated rings. The molecule has 17 heavy (non-hydrogen) atoms. The van der Waals surface area contributed by atoms with Crippen molar-refractivity contribution in [3.05, 3.63) is 51.8 Å². The third-order valence-electron chi connectivity index (χ3n) is 3.16. The molecule has 90 valence electrons. The molecule has 3 nitrogen and oxygen atoms in total. The number of hydrogen-bond acceptors (Lipinski definition) is 2. The maximum absolute atomic E-state index is 6.24. The highest BCUT2D eigenvalue weighted by atomic mass is 35.5. The van der Waals surface area contributed by atoms with Gasteiger partial charge in [-0.2, -0.15) is 5.10 Å². The van der Waals surface area contributed by atoms with Crippen LogP contribution in [-0.4, -0.2) is 9.78 Å². The van der Waals surface area contributed by atoms with Gasteiger partial charge in [0.05, 0.1) is 12.2 Å². The molecule has 1 heterocycles. The van der Waals surface area contributed by atoms with Crippen LogP contribution < -0.4 is 5.73 Å². The van der Waals surface area contributed by atoms with Crippen LogP contribution in [0.25, 0.3) is 0 Å². The highest BCUT2D eigenvalue weighted by molar-refractivity contribution is 6.31. The lowest BCUT2D eigenvalue weighted by molar-refractivity contribution is 0.734. The van der Waals surface area contributed by atoms with Crippen molar-refractivity contribution in [3.8, 4) is 0 Å². The van der Waals surface area contributed by atoms with Gasteiger partial charge in [-0.15, -0.1) is 0 Å². The third kappa shape index (κ3) is 2.21. The van der Waals surface area contributed by atoms with Crippen LogP contribution in [0.3, 0.4) is 0 Å². The van der Waals surface area contributed by atoms with E-state index in [1.54, 1.807) is 0 Å². The summed E-state index contributed by atoms with van der Waals surface area (Å²) < 4.78 is 1.82. The molecule has 0 spiro atoms. The molecular weight excluding hydrogens is 234 g/mol. The molecule has 0 aliphatic rings. The second kappa shape index (κ2) is 4.51. The normalized spacial score (nSPS) is 12.8. The maximum Gasteiger partial charge on any atom is 0.0586 e. The van der Waals surface area contributed by atoms with Crippen molar-refractivity contribution in [1.29, 1.82) is 0 Å². The number of rotatable bonds is 2. The average molecular weight is 250 g/mol. The van der Waals surface area contributed by atoms with E-state index in [0.29, 0.717) is 0 Å². The molecule has 2 aromatic rings. The standard InChI is InChI=1S/C13H16ClN3/c1-8-4-5-10(6-12(8)14)13(15)11-7-16-17(3)9(11)2/h4-7,13H,15H2,1-3H3. The monoisotopic (exact) mass is 249 g/mol. The van der Waals surface area contributed by atoms with Gasteiger partial charge in [-0.1, -0.05) is 23.7 Å². The number of aromatic nitrogens is 2. The molecule has 4 heteroatoms. The highest BCUT2D eigenvalue weighted by Gasteiger charge is 2.15. The van der Waals surface area contributed by atoms with Crippen LogP contribution in [-0.2, 0) is 7.05 Å². The topological polar surface area (TPSA) is 43.8 Å². The Bertz CT molecular complexity index is 546. The number of benzene rings is 1. The fourth-order valence-corrected chi connectivity index (χ4v) is 1.99. The van der Waals surface area contributed by atoms with Crippen LogP contribution in [0.1, 0.15) is 28.4 Å². The van der Waals surface area contributed by atoms with E-state index >= 15 is 0 Å². The molecule has 0 bridgehead atoms. The van der Waals surface area contributed by atoms with E-state index < -0.39 is 0 Å². The molecule has 1 unspecified atom stereocenters. The molecule has 0 aliphatic carbocycles. The van der Waals surface area contributed by atoms with Gasteiger partial charge in [0.1, 0.15) is 0 Å². The highest BCUT2D eigenvalue weighted by Crippen LogP contribution is 2.25. The van der Waals surface area contributed by atoms with Gasteiger partial charge in [0, 0.05) is 23.3 Å². The van der Waals surface area contributed by atoms with E-state index in [0.717, 1.165) is 27.4 Å². The van der Waals surface area contributed by atoms with Crippen molar-refractivity contribution in [2.45, 2.75) is 19.9 Å². The van der Waals surface area contributed by atoms with E-state index in [-0.39, 0.29) is 6.04 Å². The minimum atomic E-state index is -0.179. The minimum Gasteiger partial charge on any atom is -0.320 e. The summed E-state index contributed by atoms with van der Waals surface area (Å²) in [6, 6.07) is 5.75. The Morgan fingerprint density at radius 3 is 2.59 bits per heavy atom. The van der Waals surface area contributed by atoms with Crippen molar-refractivity contribution in [2.24, 2.45) is 12.8 Å². The molecular formula is C13H16ClN3. The van der Waals surface area contributed by atoms with E-state index in [1.165, 1.54) is 0 Å². The average Bonchev–Trinajstić information content (AvgIpc) is 2.63. The number of halogens is 1. The lowest BCUT2D eigenvalue weighted by atomic mass is 9.99. The van der Waals surface area contributed by atoms with Gasteiger partial charge in [0.2, 0.25) is 0 Å². The van der Waals surface area contributed by atoms with E-state index in [9.17, 15) is 0 Å². The van der Waals surface area contributed by atoms with Crippen LogP contribution >= 0.6 is 11.6 Å². The first-order chi connectivity index (χ1) is 8.00. The molecule has 1 atom stereocenters. The third-order valence-corrected chi connectivity index (χ3v) is 3.57. The van der Waals surface area contributed by atoms with Gasteiger partial charge in [-0.05, 0) is 31.0 Å². The van der Waals surface area contributed by atoms with Gasteiger partial charge in [0.15, 0.2) is 0 Å². The van der Waals surface area contributed by atoms with Crippen LogP contribution in [0.4, 0.5) is 0 Å². The lowest BCUT2D eigenvalue weighted by Gasteiger charge is -2.13. The zero-order valence-electron chi connectivity index (χ0n) is 10.2. The SMILES string of the molecule is Cc1ccc(C(N)c2cnn(C)c2C)cc1Cl. The van der Waals surface area contributed by atoms with Crippen molar-refractivity contribution in [2.75, 3.05) is 0 Å². The summed E-state index contributed by atoms with van der Waals surface area (Å²) in [5.74, 6) is 0. The quantitative estimate of drug-likeness (QED) is 0.890. The van der Waals surface area contributed by atoms with Crippen LogP contribution in [0.2, 0.25) is 5.02 Å². The van der Waals surface area contributed by atoms with E-state index in [2.05, 4.69) is 5.10 Å². The fourth-order valence-electron chi connectivity index (χ4n) is 1.80. The Hall–Kier alpha value is -1.32. The molecule has 0 amide bonds. The first-order valence-corrected chi connectivity index (χ1v) is 5.88. The molecule has 0 saturated carbocycles. The van der Waals surface area contributed by atoms with E-state index in [4.69, 9.17) is 17.3 Å².